The van der Waals surface area contributed by atoms with E-state index in [9.17, 15) is 18.8 Å². The first-order chi connectivity index (χ1) is 8.82. The van der Waals surface area contributed by atoms with Crippen LogP contribution in [0.4, 0.5) is 10.1 Å². The summed E-state index contributed by atoms with van der Waals surface area (Å²) < 4.78 is 13.4. The Balaban J connectivity index is 2.47. The molecule has 1 atom stereocenters. The summed E-state index contributed by atoms with van der Waals surface area (Å²) in [5.74, 6) is -3.77. The van der Waals surface area contributed by atoms with Crippen molar-refractivity contribution in [2.24, 2.45) is 5.73 Å². The first-order valence-corrected chi connectivity index (χ1v) is 5.96. The van der Waals surface area contributed by atoms with E-state index in [1.54, 1.807) is 0 Å². The third-order valence-corrected chi connectivity index (χ3v) is 3.28. The van der Waals surface area contributed by atoms with Crippen molar-refractivity contribution in [3.05, 3.63) is 28.0 Å². The summed E-state index contributed by atoms with van der Waals surface area (Å²) in [6, 6.07) is 0.691. The zero-order valence-corrected chi connectivity index (χ0v) is 11.0. The maximum Gasteiger partial charge on any atom is 0.322 e. The monoisotopic (exact) mass is 330 g/mol. The number of carbonyl (C=O) groups is 3. The molecule has 0 radical (unpaired) electrons. The number of amides is 1. The molecule has 1 aliphatic rings. The number of carboxylic acid groups (broad SMARTS) is 1. The largest absolute Gasteiger partial charge is 0.480 e. The van der Waals surface area contributed by atoms with E-state index in [2.05, 4.69) is 15.9 Å². The number of anilines is 1. The molecule has 0 bridgehead atoms. The van der Waals surface area contributed by atoms with E-state index in [-0.39, 0.29) is 22.3 Å². The van der Waals surface area contributed by atoms with Gasteiger partial charge in [-0.25, -0.2) is 4.39 Å². The number of fused-ring (bicyclic) bond motifs is 1. The molecule has 0 fully saturated rings. The van der Waals surface area contributed by atoms with Gasteiger partial charge in [0, 0.05) is 4.47 Å². The summed E-state index contributed by atoms with van der Waals surface area (Å²) in [6.07, 6.45) is 0. The van der Waals surface area contributed by atoms with Gasteiger partial charge in [0.05, 0.1) is 17.8 Å². The molecule has 3 N–H and O–H groups in total. The Bertz CT molecular complexity index is 605. The van der Waals surface area contributed by atoms with E-state index in [1.165, 1.54) is 0 Å². The summed E-state index contributed by atoms with van der Waals surface area (Å²) in [6.45, 7) is -0.364. The number of halogens is 2. The number of ketones is 1. The molecule has 6 nitrogen and oxygen atoms in total. The molecule has 2 rings (SSSR count). The van der Waals surface area contributed by atoms with Gasteiger partial charge in [0.25, 0.3) is 11.7 Å². The van der Waals surface area contributed by atoms with Crippen molar-refractivity contribution in [1.82, 2.24) is 0 Å². The minimum atomic E-state index is -1.33. The molecular weight excluding hydrogens is 323 g/mol. The molecule has 0 aromatic heterocycles. The maximum atomic E-state index is 13.2. The third-order valence-electron chi connectivity index (χ3n) is 2.68. The summed E-state index contributed by atoms with van der Waals surface area (Å²) in [4.78, 5) is 35.1. The van der Waals surface area contributed by atoms with E-state index < -0.39 is 29.5 Å². The second-order valence-electron chi connectivity index (χ2n) is 3.97. The molecule has 0 saturated heterocycles. The highest BCUT2D eigenvalue weighted by atomic mass is 79.9. The number of hydrogen-bond donors (Lipinski definition) is 2. The highest BCUT2D eigenvalue weighted by Gasteiger charge is 2.39. The van der Waals surface area contributed by atoms with Gasteiger partial charge in [0.1, 0.15) is 11.9 Å². The number of carboxylic acids is 1. The number of aliphatic carboxylic acids is 1. The van der Waals surface area contributed by atoms with Crippen molar-refractivity contribution in [3.63, 3.8) is 0 Å². The molecule has 1 unspecified atom stereocenters. The Kier molecular flexibility index (Phi) is 3.38. The van der Waals surface area contributed by atoms with Gasteiger partial charge in [-0.2, -0.15) is 0 Å². The van der Waals surface area contributed by atoms with Gasteiger partial charge in [-0.05, 0) is 28.1 Å². The first kappa shape index (κ1) is 13.6. The average molecular weight is 331 g/mol. The lowest BCUT2D eigenvalue weighted by Gasteiger charge is -2.19. The Morgan fingerprint density at radius 2 is 2.11 bits per heavy atom. The van der Waals surface area contributed by atoms with E-state index >= 15 is 0 Å². The van der Waals surface area contributed by atoms with Crippen LogP contribution in [-0.4, -0.2) is 35.4 Å². The van der Waals surface area contributed by atoms with Crippen molar-refractivity contribution in [2.45, 2.75) is 6.04 Å². The van der Waals surface area contributed by atoms with Crippen molar-refractivity contribution in [3.8, 4) is 0 Å². The molecule has 19 heavy (non-hydrogen) atoms. The highest BCUT2D eigenvalue weighted by molar-refractivity contribution is 9.10. The molecule has 0 aliphatic carbocycles. The maximum absolute atomic E-state index is 13.2. The van der Waals surface area contributed by atoms with Crippen LogP contribution in [0.5, 0.6) is 0 Å². The van der Waals surface area contributed by atoms with Gasteiger partial charge < -0.3 is 15.7 Å². The predicted octanol–water partition coefficient (Wildman–Crippen LogP) is 0.529. The van der Waals surface area contributed by atoms with Crippen molar-refractivity contribution < 1.29 is 23.9 Å². The van der Waals surface area contributed by atoms with Crippen molar-refractivity contribution >= 4 is 39.3 Å². The fourth-order valence-electron chi connectivity index (χ4n) is 1.80. The molecule has 1 aromatic rings. The molecule has 8 heteroatoms. The van der Waals surface area contributed by atoms with Gasteiger partial charge in [-0.15, -0.1) is 0 Å². The molecule has 1 amide bonds. The number of hydrogen-bond acceptors (Lipinski definition) is 4. The lowest BCUT2D eigenvalue weighted by molar-refractivity contribution is -0.138. The Morgan fingerprint density at radius 3 is 2.68 bits per heavy atom. The molecule has 0 spiro atoms. The Morgan fingerprint density at radius 1 is 1.47 bits per heavy atom. The summed E-state index contributed by atoms with van der Waals surface area (Å²) in [7, 11) is 0. The van der Waals surface area contributed by atoms with Gasteiger partial charge >= 0.3 is 5.97 Å². The normalized spacial score (nSPS) is 15.6. The Labute approximate surface area is 115 Å². The minimum absolute atomic E-state index is 0.102. The van der Waals surface area contributed by atoms with E-state index in [0.29, 0.717) is 0 Å². The van der Waals surface area contributed by atoms with E-state index in [4.69, 9.17) is 10.8 Å². The SMILES string of the molecule is NC(CN1C(=O)C(=O)c2cc(F)cc(Br)c21)C(=O)O. The summed E-state index contributed by atoms with van der Waals surface area (Å²) in [5, 5.41) is 8.74. The number of carbonyl (C=O) groups excluding carboxylic acids is 2. The topological polar surface area (TPSA) is 101 Å². The first-order valence-electron chi connectivity index (χ1n) is 5.16. The van der Waals surface area contributed by atoms with Crippen LogP contribution >= 0.6 is 15.9 Å². The second-order valence-corrected chi connectivity index (χ2v) is 4.83. The average Bonchev–Trinajstić information content (AvgIpc) is 2.54. The van der Waals surface area contributed by atoms with Crippen LogP contribution in [0.2, 0.25) is 0 Å². The fourth-order valence-corrected chi connectivity index (χ4v) is 2.45. The van der Waals surface area contributed by atoms with Crippen molar-refractivity contribution in [2.75, 3.05) is 11.4 Å². The number of nitrogens with two attached hydrogens (primary N) is 1. The number of benzene rings is 1. The molecule has 1 heterocycles. The molecule has 0 saturated carbocycles. The smallest absolute Gasteiger partial charge is 0.322 e. The second kappa shape index (κ2) is 4.71. The van der Waals surface area contributed by atoms with Gasteiger partial charge in [0.15, 0.2) is 0 Å². The van der Waals surface area contributed by atoms with Gasteiger partial charge in [-0.1, -0.05) is 0 Å². The lowest BCUT2D eigenvalue weighted by atomic mass is 10.1. The molecule has 100 valence electrons. The highest BCUT2D eigenvalue weighted by Crippen LogP contribution is 2.36. The predicted molar refractivity (Wildman–Crippen MR) is 66.4 cm³/mol. The van der Waals surface area contributed by atoms with Gasteiger partial charge in [-0.3, -0.25) is 14.4 Å². The van der Waals surface area contributed by atoms with Crippen LogP contribution in [0.1, 0.15) is 10.4 Å². The molecular formula is C11H8BrFN2O4. The van der Waals surface area contributed by atoms with Gasteiger partial charge in [0.2, 0.25) is 0 Å². The van der Waals surface area contributed by atoms with E-state index in [1.807, 2.05) is 0 Å². The number of Topliss-reactive ketones (excluding diaryl/α,β-unsaturated/α-hetero) is 1. The van der Waals surface area contributed by atoms with Crippen LogP contribution < -0.4 is 10.6 Å². The zero-order valence-electron chi connectivity index (χ0n) is 9.39. The third kappa shape index (κ3) is 2.24. The van der Waals surface area contributed by atoms with Crippen molar-refractivity contribution in [1.29, 1.82) is 0 Å². The standard InChI is InChI=1S/C11H8BrFN2O4/c12-6-2-4(13)1-5-8(6)15(10(17)9(5)16)3-7(14)11(18)19/h1-2,7H,3,14H2,(H,18,19). The fraction of sp³-hybridized carbons (Fsp3) is 0.182. The minimum Gasteiger partial charge on any atom is -0.480 e. The van der Waals surface area contributed by atoms with Crippen LogP contribution in [0, 0.1) is 5.82 Å². The molecule has 1 aromatic carbocycles. The quantitative estimate of drug-likeness (QED) is 0.787. The van der Waals surface area contributed by atoms with Crippen LogP contribution in [-0.2, 0) is 9.59 Å². The van der Waals surface area contributed by atoms with Crippen LogP contribution in [0.15, 0.2) is 16.6 Å². The van der Waals surface area contributed by atoms with Crippen LogP contribution in [0.25, 0.3) is 0 Å². The summed E-state index contributed by atoms with van der Waals surface area (Å²) >= 11 is 3.05. The zero-order chi connectivity index (χ0) is 14.3. The Hall–Kier alpha value is -1.80. The lowest BCUT2D eigenvalue weighted by Crippen LogP contribution is -2.44. The molecule has 1 aliphatic heterocycles. The van der Waals surface area contributed by atoms with Crippen LogP contribution in [0.3, 0.4) is 0 Å². The number of rotatable bonds is 3. The number of nitrogens with zero attached hydrogens (tertiary/aromatic N) is 1. The van der Waals surface area contributed by atoms with E-state index in [0.717, 1.165) is 17.0 Å². The summed E-state index contributed by atoms with van der Waals surface area (Å²) in [5.41, 5.74) is 5.39.